The molecule has 114 valence electrons. The van der Waals surface area contributed by atoms with E-state index in [1.807, 2.05) is 0 Å². The first kappa shape index (κ1) is 14.6. The van der Waals surface area contributed by atoms with E-state index in [0.717, 1.165) is 24.5 Å². The number of nitrogens with one attached hydrogen (secondary N) is 1. The lowest BCUT2D eigenvalue weighted by Crippen LogP contribution is -2.34. The molecule has 2 aromatic rings. The summed E-state index contributed by atoms with van der Waals surface area (Å²) in [6.07, 6.45) is 6.78. The average molecular weight is 285 g/mol. The van der Waals surface area contributed by atoms with Gasteiger partial charge in [-0.15, -0.1) is 0 Å². The van der Waals surface area contributed by atoms with Gasteiger partial charge in [0.05, 0.1) is 17.6 Å². The number of rotatable bonds is 5. The zero-order valence-corrected chi connectivity index (χ0v) is 13.3. The second-order valence-electron chi connectivity index (χ2n) is 6.28. The first-order chi connectivity index (χ1) is 10.3. The van der Waals surface area contributed by atoms with E-state index < -0.39 is 0 Å². The van der Waals surface area contributed by atoms with Crippen molar-refractivity contribution in [1.29, 1.82) is 0 Å². The lowest BCUT2D eigenvalue weighted by Gasteiger charge is -2.29. The zero-order chi connectivity index (χ0) is 14.7. The van der Waals surface area contributed by atoms with E-state index in [9.17, 15) is 0 Å². The number of hydrogen-bond acceptors (Lipinski definition) is 2. The monoisotopic (exact) mass is 285 g/mol. The van der Waals surface area contributed by atoms with Crippen LogP contribution in [-0.4, -0.2) is 15.6 Å². The number of fused-ring (bicyclic) bond motifs is 1. The molecule has 0 aliphatic heterocycles. The van der Waals surface area contributed by atoms with Gasteiger partial charge in [-0.1, -0.05) is 38.3 Å². The molecule has 1 fully saturated rings. The Kier molecular flexibility index (Phi) is 4.59. The molecule has 2 atom stereocenters. The zero-order valence-electron chi connectivity index (χ0n) is 13.3. The number of para-hydroxylation sites is 2. The van der Waals surface area contributed by atoms with Crippen LogP contribution in [0.25, 0.3) is 11.0 Å². The van der Waals surface area contributed by atoms with Crippen LogP contribution in [0, 0.1) is 5.92 Å². The van der Waals surface area contributed by atoms with Crippen molar-refractivity contribution in [2.24, 2.45) is 5.92 Å². The van der Waals surface area contributed by atoms with Crippen LogP contribution in [0.5, 0.6) is 0 Å². The van der Waals surface area contributed by atoms with E-state index in [2.05, 4.69) is 48.0 Å². The van der Waals surface area contributed by atoms with Gasteiger partial charge in [0.1, 0.15) is 5.82 Å². The van der Waals surface area contributed by atoms with E-state index in [0.29, 0.717) is 6.04 Å². The van der Waals surface area contributed by atoms with Gasteiger partial charge in [0.2, 0.25) is 0 Å². The highest BCUT2D eigenvalue weighted by molar-refractivity contribution is 5.75. The third kappa shape index (κ3) is 3.13. The Balaban J connectivity index is 1.70. The smallest absolute Gasteiger partial charge is 0.123 e. The highest BCUT2D eigenvalue weighted by Crippen LogP contribution is 2.26. The summed E-state index contributed by atoms with van der Waals surface area (Å²) in [7, 11) is 0. The molecule has 1 aliphatic carbocycles. The SMILES string of the molecule is CCC1CCCC(NCc2nc3ccccc3n2CC)C1. The summed E-state index contributed by atoms with van der Waals surface area (Å²) in [6.45, 7) is 6.40. The minimum absolute atomic E-state index is 0.675. The third-order valence-corrected chi connectivity index (χ3v) is 4.96. The van der Waals surface area contributed by atoms with E-state index in [1.54, 1.807) is 0 Å². The first-order valence-corrected chi connectivity index (χ1v) is 8.49. The average Bonchev–Trinajstić information content (AvgIpc) is 2.90. The lowest BCUT2D eigenvalue weighted by molar-refractivity contribution is 0.276. The molecule has 1 saturated carbocycles. The highest BCUT2D eigenvalue weighted by atomic mass is 15.1. The Morgan fingerprint density at radius 2 is 2.10 bits per heavy atom. The van der Waals surface area contributed by atoms with Gasteiger partial charge in [-0.3, -0.25) is 0 Å². The molecule has 1 N–H and O–H groups in total. The molecule has 0 spiro atoms. The second kappa shape index (κ2) is 6.61. The van der Waals surface area contributed by atoms with Crippen molar-refractivity contribution in [1.82, 2.24) is 14.9 Å². The van der Waals surface area contributed by atoms with Crippen LogP contribution in [-0.2, 0) is 13.1 Å². The number of imidazole rings is 1. The van der Waals surface area contributed by atoms with Gasteiger partial charge in [-0.05, 0) is 37.8 Å². The molecule has 0 bridgehead atoms. The summed E-state index contributed by atoms with van der Waals surface area (Å²) in [4.78, 5) is 4.81. The van der Waals surface area contributed by atoms with E-state index in [-0.39, 0.29) is 0 Å². The molecule has 1 aromatic heterocycles. The van der Waals surface area contributed by atoms with Gasteiger partial charge in [0.25, 0.3) is 0 Å². The van der Waals surface area contributed by atoms with Gasteiger partial charge < -0.3 is 9.88 Å². The summed E-state index contributed by atoms with van der Waals surface area (Å²) in [5.74, 6) is 2.10. The Bertz CT molecular complexity index is 587. The minimum Gasteiger partial charge on any atom is -0.327 e. The second-order valence-corrected chi connectivity index (χ2v) is 6.28. The highest BCUT2D eigenvalue weighted by Gasteiger charge is 2.20. The van der Waals surface area contributed by atoms with Crippen molar-refractivity contribution in [2.75, 3.05) is 0 Å². The van der Waals surface area contributed by atoms with E-state index in [4.69, 9.17) is 4.98 Å². The standard InChI is InChI=1S/C18H27N3/c1-3-14-8-7-9-15(12-14)19-13-18-20-16-10-5-6-11-17(16)21(18)4-2/h5-6,10-11,14-15,19H,3-4,7-9,12-13H2,1-2H3. The normalized spacial score (nSPS) is 22.8. The third-order valence-electron chi connectivity index (χ3n) is 4.96. The summed E-state index contributed by atoms with van der Waals surface area (Å²) < 4.78 is 2.34. The van der Waals surface area contributed by atoms with Gasteiger partial charge in [0, 0.05) is 12.6 Å². The molecule has 2 unspecified atom stereocenters. The van der Waals surface area contributed by atoms with Crippen LogP contribution in [0.3, 0.4) is 0 Å². The van der Waals surface area contributed by atoms with Crippen molar-refractivity contribution in [2.45, 2.75) is 65.1 Å². The van der Waals surface area contributed by atoms with Crippen LogP contribution in [0.2, 0.25) is 0 Å². The fourth-order valence-electron chi connectivity index (χ4n) is 3.70. The molecule has 0 saturated heterocycles. The maximum absolute atomic E-state index is 4.81. The molecule has 1 heterocycles. The van der Waals surface area contributed by atoms with E-state index >= 15 is 0 Å². The minimum atomic E-state index is 0.675. The Morgan fingerprint density at radius 1 is 1.24 bits per heavy atom. The first-order valence-electron chi connectivity index (χ1n) is 8.49. The van der Waals surface area contributed by atoms with Gasteiger partial charge in [0.15, 0.2) is 0 Å². The summed E-state index contributed by atoms with van der Waals surface area (Å²) >= 11 is 0. The van der Waals surface area contributed by atoms with Crippen molar-refractivity contribution >= 4 is 11.0 Å². The summed E-state index contributed by atoms with van der Waals surface area (Å²) in [6, 6.07) is 9.12. The Labute approximate surface area is 127 Å². The molecule has 21 heavy (non-hydrogen) atoms. The van der Waals surface area contributed by atoms with Crippen LogP contribution < -0.4 is 5.32 Å². The van der Waals surface area contributed by atoms with Crippen molar-refractivity contribution in [3.63, 3.8) is 0 Å². The van der Waals surface area contributed by atoms with Crippen LogP contribution in [0.15, 0.2) is 24.3 Å². The Morgan fingerprint density at radius 3 is 2.90 bits per heavy atom. The Hall–Kier alpha value is -1.35. The van der Waals surface area contributed by atoms with Crippen molar-refractivity contribution < 1.29 is 0 Å². The van der Waals surface area contributed by atoms with Crippen LogP contribution in [0.4, 0.5) is 0 Å². The van der Waals surface area contributed by atoms with Gasteiger partial charge >= 0.3 is 0 Å². The molecular weight excluding hydrogens is 258 g/mol. The molecular formula is C18H27N3. The summed E-state index contributed by atoms with van der Waals surface area (Å²) in [5, 5.41) is 3.75. The number of aryl methyl sites for hydroxylation is 1. The largest absolute Gasteiger partial charge is 0.327 e. The predicted molar refractivity (Wildman–Crippen MR) is 88.3 cm³/mol. The molecule has 0 radical (unpaired) electrons. The van der Waals surface area contributed by atoms with Crippen molar-refractivity contribution in [3.05, 3.63) is 30.1 Å². The maximum atomic E-state index is 4.81. The predicted octanol–water partition coefficient (Wildman–Crippen LogP) is 4.11. The van der Waals surface area contributed by atoms with Crippen molar-refractivity contribution in [3.8, 4) is 0 Å². The molecule has 0 amide bonds. The quantitative estimate of drug-likeness (QED) is 0.895. The topological polar surface area (TPSA) is 29.9 Å². The van der Waals surface area contributed by atoms with Crippen LogP contribution >= 0.6 is 0 Å². The molecule has 3 nitrogen and oxygen atoms in total. The van der Waals surface area contributed by atoms with Gasteiger partial charge in [-0.25, -0.2) is 4.98 Å². The molecule has 1 aromatic carbocycles. The fraction of sp³-hybridized carbons (Fsp3) is 0.611. The number of aromatic nitrogens is 2. The van der Waals surface area contributed by atoms with E-state index in [1.165, 1.54) is 43.4 Å². The van der Waals surface area contributed by atoms with Crippen LogP contribution in [0.1, 0.15) is 51.8 Å². The van der Waals surface area contributed by atoms with Gasteiger partial charge in [-0.2, -0.15) is 0 Å². The fourth-order valence-corrected chi connectivity index (χ4v) is 3.70. The lowest BCUT2D eigenvalue weighted by atomic mass is 9.84. The summed E-state index contributed by atoms with van der Waals surface area (Å²) in [5.41, 5.74) is 2.37. The molecule has 1 aliphatic rings. The maximum Gasteiger partial charge on any atom is 0.123 e. The number of nitrogens with zero attached hydrogens (tertiary/aromatic N) is 2. The molecule has 3 heteroatoms. The number of benzene rings is 1. The number of hydrogen-bond donors (Lipinski definition) is 1. The molecule has 3 rings (SSSR count).